The van der Waals surface area contributed by atoms with E-state index in [2.05, 4.69) is 30.7 Å². The van der Waals surface area contributed by atoms with E-state index in [1.807, 2.05) is 0 Å². The van der Waals surface area contributed by atoms with Gasteiger partial charge in [-0.3, -0.25) is 4.79 Å². The van der Waals surface area contributed by atoms with Crippen LogP contribution in [0.3, 0.4) is 0 Å². The average molecular weight is 383 g/mol. The SMILES string of the molecule is O=C(Nc1c2c(cc3c1CCC3)CCC2)NS1(=O)=NC(=O)c2ccnnc21. The van der Waals surface area contributed by atoms with Gasteiger partial charge in [0.15, 0.2) is 14.9 Å². The van der Waals surface area contributed by atoms with Crippen molar-refractivity contribution in [2.45, 2.75) is 43.6 Å². The number of nitrogens with zero attached hydrogens (tertiary/aromatic N) is 3. The number of hydrogen-bond donors (Lipinski definition) is 2. The second-order valence-electron chi connectivity index (χ2n) is 6.96. The standard InChI is InChI=1S/C18H17N5O3S/c24-16-14-7-8-19-21-17(14)27(26,22-16)23-18(25)20-15-12-5-1-3-10(12)9-11-4-2-6-13(11)15/h7-9H,1-6H2,(H2,20,22,23,24,25,26). The van der Waals surface area contributed by atoms with Crippen LogP contribution in [-0.2, 0) is 35.6 Å². The van der Waals surface area contributed by atoms with E-state index in [4.69, 9.17) is 0 Å². The molecule has 1 atom stereocenters. The van der Waals surface area contributed by atoms with Gasteiger partial charge in [0, 0.05) is 5.69 Å². The number of carbonyl (C=O) groups is 2. The van der Waals surface area contributed by atoms with Crippen LogP contribution >= 0.6 is 0 Å². The Morgan fingerprint density at radius 1 is 1.07 bits per heavy atom. The highest BCUT2D eigenvalue weighted by Crippen LogP contribution is 2.38. The zero-order chi connectivity index (χ0) is 18.6. The molecule has 2 heterocycles. The number of urea groups is 1. The third-order valence-corrected chi connectivity index (χ3v) is 7.04. The molecule has 9 heteroatoms. The van der Waals surface area contributed by atoms with Crippen molar-refractivity contribution in [3.63, 3.8) is 0 Å². The fraction of sp³-hybridized carbons (Fsp3) is 0.333. The summed E-state index contributed by atoms with van der Waals surface area (Å²) in [6, 6.07) is 3.02. The Morgan fingerprint density at radius 2 is 1.78 bits per heavy atom. The molecule has 5 rings (SSSR count). The van der Waals surface area contributed by atoms with Crippen molar-refractivity contribution in [1.29, 1.82) is 0 Å². The average Bonchev–Trinajstić information content (AvgIpc) is 3.34. The molecule has 1 unspecified atom stereocenters. The fourth-order valence-corrected chi connectivity index (χ4v) is 5.67. The second kappa shape index (κ2) is 5.85. The maximum atomic E-state index is 13.0. The summed E-state index contributed by atoms with van der Waals surface area (Å²) < 4.78 is 19.0. The van der Waals surface area contributed by atoms with Crippen LogP contribution in [0.4, 0.5) is 10.5 Å². The van der Waals surface area contributed by atoms with Crippen LogP contribution in [0.5, 0.6) is 0 Å². The molecule has 27 heavy (non-hydrogen) atoms. The molecule has 0 radical (unpaired) electrons. The van der Waals surface area contributed by atoms with E-state index in [0.29, 0.717) is 0 Å². The fourth-order valence-electron chi connectivity index (χ4n) is 4.20. The van der Waals surface area contributed by atoms with Crippen molar-refractivity contribution in [2.75, 3.05) is 5.32 Å². The largest absolute Gasteiger partial charge is 0.332 e. The minimum atomic E-state index is -3.47. The lowest BCUT2D eigenvalue weighted by Crippen LogP contribution is -2.34. The Labute approximate surface area is 156 Å². The van der Waals surface area contributed by atoms with E-state index in [1.165, 1.54) is 34.5 Å². The molecule has 138 valence electrons. The summed E-state index contributed by atoms with van der Waals surface area (Å²) in [4.78, 5) is 24.6. The summed E-state index contributed by atoms with van der Waals surface area (Å²) in [6.07, 6.45) is 7.34. The van der Waals surface area contributed by atoms with Crippen LogP contribution < -0.4 is 10.0 Å². The van der Waals surface area contributed by atoms with Crippen LogP contribution in [0.25, 0.3) is 0 Å². The van der Waals surface area contributed by atoms with Gasteiger partial charge in [-0.05, 0) is 66.8 Å². The highest BCUT2D eigenvalue weighted by atomic mass is 32.2. The number of fused-ring (bicyclic) bond motifs is 3. The van der Waals surface area contributed by atoms with E-state index >= 15 is 0 Å². The quantitative estimate of drug-likeness (QED) is 0.825. The van der Waals surface area contributed by atoms with Crippen LogP contribution in [-0.4, -0.2) is 26.3 Å². The molecule has 1 aromatic heterocycles. The molecule has 2 aromatic rings. The monoisotopic (exact) mass is 383 g/mol. The van der Waals surface area contributed by atoms with E-state index in [9.17, 15) is 13.8 Å². The molecule has 3 amide bonds. The first-order chi connectivity index (χ1) is 13.0. The molecule has 2 aliphatic carbocycles. The predicted octanol–water partition coefficient (Wildman–Crippen LogP) is 2.17. The van der Waals surface area contributed by atoms with E-state index < -0.39 is 21.9 Å². The molecule has 0 saturated heterocycles. The second-order valence-corrected chi connectivity index (χ2v) is 8.79. The summed E-state index contributed by atoms with van der Waals surface area (Å²) in [5.74, 6) is -0.660. The number of anilines is 1. The van der Waals surface area contributed by atoms with E-state index in [0.717, 1.165) is 44.2 Å². The number of aryl methyl sites for hydroxylation is 2. The summed E-state index contributed by atoms with van der Waals surface area (Å²) in [5.41, 5.74) is 5.85. The Hall–Kier alpha value is -2.81. The Balaban J connectivity index is 1.48. The molecule has 1 aliphatic heterocycles. The smallest absolute Gasteiger partial charge is 0.307 e. The first-order valence-corrected chi connectivity index (χ1v) is 10.4. The summed E-state index contributed by atoms with van der Waals surface area (Å²) in [7, 11) is -3.47. The summed E-state index contributed by atoms with van der Waals surface area (Å²) in [5, 5.41) is 10.2. The lowest BCUT2D eigenvalue weighted by atomic mass is 9.99. The normalized spacial score (nSPS) is 22.0. The molecular formula is C18H17N5O3S. The first-order valence-electron chi connectivity index (χ1n) is 8.93. The third kappa shape index (κ3) is 2.53. The van der Waals surface area contributed by atoms with Crippen LogP contribution in [0.15, 0.2) is 27.7 Å². The topological polar surface area (TPSA) is 113 Å². The highest BCUT2D eigenvalue weighted by molar-refractivity contribution is 7.93. The third-order valence-electron chi connectivity index (χ3n) is 5.33. The van der Waals surface area contributed by atoms with Crippen molar-refractivity contribution < 1.29 is 13.8 Å². The number of amides is 3. The molecule has 0 saturated carbocycles. The van der Waals surface area contributed by atoms with Gasteiger partial charge in [0.2, 0.25) is 0 Å². The van der Waals surface area contributed by atoms with Crippen LogP contribution in [0, 0.1) is 0 Å². The van der Waals surface area contributed by atoms with Crippen molar-refractivity contribution in [2.24, 2.45) is 4.36 Å². The van der Waals surface area contributed by atoms with Crippen LogP contribution in [0.2, 0.25) is 0 Å². The number of rotatable bonds is 2. The van der Waals surface area contributed by atoms with Crippen LogP contribution in [0.1, 0.15) is 45.5 Å². The van der Waals surface area contributed by atoms with Crippen molar-refractivity contribution in [3.05, 3.63) is 46.1 Å². The lowest BCUT2D eigenvalue weighted by Gasteiger charge is -2.16. The summed E-state index contributed by atoms with van der Waals surface area (Å²) >= 11 is 0. The van der Waals surface area contributed by atoms with Gasteiger partial charge in [-0.2, -0.15) is 5.10 Å². The number of benzene rings is 1. The number of nitrogens with one attached hydrogen (secondary N) is 2. The molecule has 1 aromatic carbocycles. The zero-order valence-electron chi connectivity index (χ0n) is 14.4. The Bertz CT molecular complexity index is 1100. The van der Waals surface area contributed by atoms with E-state index in [-0.39, 0.29) is 10.6 Å². The molecule has 0 bridgehead atoms. The van der Waals surface area contributed by atoms with Gasteiger partial charge < -0.3 is 5.32 Å². The molecule has 0 fully saturated rings. The molecule has 8 nitrogen and oxygen atoms in total. The van der Waals surface area contributed by atoms with Crippen molar-refractivity contribution in [3.8, 4) is 0 Å². The van der Waals surface area contributed by atoms with Gasteiger partial charge in [-0.1, -0.05) is 6.07 Å². The first kappa shape index (κ1) is 16.4. The minimum absolute atomic E-state index is 0.0892. The van der Waals surface area contributed by atoms with Gasteiger partial charge in [-0.15, -0.1) is 9.46 Å². The number of aromatic nitrogens is 2. The highest BCUT2D eigenvalue weighted by Gasteiger charge is 2.33. The minimum Gasteiger partial charge on any atom is -0.307 e. The lowest BCUT2D eigenvalue weighted by molar-refractivity contribution is 0.100. The van der Waals surface area contributed by atoms with Gasteiger partial charge in [-0.25, -0.2) is 13.7 Å². The van der Waals surface area contributed by atoms with Gasteiger partial charge in [0.05, 0.1) is 11.8 Å². The molecule has 0 spiro atoms. The summed E-state index contributed by atoms with van der Waals surface area (Å²) in [6.45, 7) is 0. The molecular weight excluding hydrogens is 366 g/mol. The number of carbonyl (C=O) groups excluding carboxylic acids is 2. The Morgan fingerprint density at radius 3 is 2.48 bits per heavy atom. The van der Waals surface area contributed by atoms with Gasteiger partial charge in [0.1, 0.15) is 0 Å². The maximum absolute atomic E-state index is 13.0. The van der Waals surface area contributed by atoms with Gasteiger partial charge >= 0.3 is 6.03 Å². The maximum Gasteiger partial charge on any atom is 0.332 e. The van der Waals surface area contributed by atoms with Crippen molar-refractivity contribution in [1.82, 2.24) is 14.9 Å². The zero-order valence-corrected chi connectivity index (χ0v) is 15.3. The van der Waals surface area contributed by atoms with Gasteiger partial charge in [0.25, 0.3) is 5.91 Å². The number of hydrogen-bond acceptors (Lipinski definition) is 5. The van der Waals surface area contributed by atoms with E-state index in [1.54, 1.807) is 0 Å². The predicted molar refractivity (Wildman–Crippen MR) is 97.8 cm³/mol. The van der Waals surface area contributed by atoms with Crippen molar-refractivity contribution >= 4 is 27.5 Å². The molecule has 2 N–H and O–H groups in total. The Kier molecular flexibility index (Phi) is 3.55. The molecule has 3 aliphatic rings.